The molecule has 2 aromatic rings. The molecule has 5 rings (SSSR count). The van der Waals surface area contributed by atoms with E-state index in [1.165, 1.54) is 0 Å². The van der Waals surface area contributed by atoms with Crippen LogP contribution in [-0.4, -0.2) is 44.9 Å². The van der Waals surface area contributed by atoms with Gasteiger partial charge in [0.15, 0.2) is 0 Å². The Morgan fingerprint density at radius 1 is 0.967 bits per heavy atom. The molecule has 1 unspecified atom stereocenters. The van der Waals surface area contributed by atoms with Crippen LogP contribution in [0, 0.1) is 5.92 Å². The van der Waals surface area contributed by atoms with Gasteiger partial charge in [0, 0.05) is 25.3 Å². The quantitative estimate of drug-likeness (QED) is 0.757. The number of rotatable bonds is 3. The summed E-state index contributed by atoms with van der Waals surface area (Å²) in [5.41, 5.74) is 2.82. The second kappa shape index (κ2) is 7.71. The van der Waals surface area contributed by atoms with Crippen molar-refractivity contribution in [1.29, 1.82) is 0 Å². The van der Waals surface area contributed by atoms with Crippen molar-refractivity contribution in [2.75, 3.05) is 31.1 Å². The van der Waals surface area contributed by atoms with Gasteiger partial charge in [-0.05, 0) is 61.1 Å². The summed E-state index contributed by atoms with van der Waals surface area (Å²) in [6.07, 6.45) is 4.26. The van der Waals surface area contributed by atoms with Gasteiger partial charge in [-0.15, -0.1) is 0 Å². The average Bonchev–Trinajstić information content (AvgIpc) is 3.22. The average molecular weight is 427 g/mol. The maximum absolute atomic E-state index is 13.2. The molecule has 7 heteroatoms. The molecule has 3 aliphatic rings. The summed E-state index contributed by atoms with van der Waals surface area (Å²) in [4.78, 5) is 15.4. The molecule has 1 amide bonds. The van der Waals surface area contributed by atoms with Crippen LogP contribution < -0.4 is 9.64 Å². The molecule has 1 atom stereocenters. The molecule has 0 radical (unpaired) electrons. The van der Waals surface area contributed by atoms with Crippen molar-refractivity contribution in [3.05, 3.63) is 53.6 Å². The van der Waals surface area contributed by atoms with E-state index in [0.29, 0.717) is 44.0 Å². The number of para-hydroxylation sites is 1. The van der Waals surface area contributed by atoms with Gasteiger partial charge in [0.25, 0.3) is 0 Å². The van der Waals surface area contributed by atoms with Gasteiger partial charge in [-0.2, -0.15) is 4.31 Å². The van der Waals surface area contributed by atoms with Crippen LogP contribution in [0.15, 0.2) is 47.4 Å². The van der Waals surface area contributed by atoms with Gasteiger partial charge in [-0.3, -0.25) is 4.79 Å². The minimum Gasteiger partial charge on any atom is -0.492 e. The summed E-state index contributed by atoms with van der Waals surface area (Å²) in [5.74, 6) is 0.688. The minimum absolute atomic E-state index is 0.0508. The third kappa shape index (κ3) is 3.40. The molecule has 1 saturated heterocycles. The highest BCUT2D eigenvalue weighted by atomic mass is 32.2. The second-order valence-corrected chi connectivity index (χ2v) is 10.3. The fraction of sp³-hybridized carbons (Fsp3) is 0.435. The molecule has 6 nitrogen and oxygen atoms in total. The van der Waals surface area contributed by atoms with Gasteiger partial charge in [0.05, 0.1) is 10.8 Å². The van der Waals surface area contributed by atoms with E-state index in [-0.39, 0.29) is 11.8 Å². The number of nitrogens with zero attached hydrogens (tertiary/aromatic N) is 2. The summed E-state index contributed by atoms with van der Waals surface area (Å²) < 4.78 is 33.4. The smallest absolute Gasteiger partial charge is 0.243 e. The van der Waals surface area contributed by atoms with Crippen molar-refractivity contribution in [2.45, 2.75) is 37.0 Å². The summed E-state index contributed by atoms with van der Waals surface area (Å²) in [5, 5.41) is 0. The van der Waals surface area contributed by atoms with Crippen molar-refractivity contribution in [1.82, 2.24) is 4.31 Å². The van der Waals surface area contributed by atoms with Gasteiger partial charge >= 0.3 is 0 Å². The number of anilines is 1. The zero-order valence-corrected chi connectivity index (χ0v) is 17.7. The number of hydrogen-bond acceptors (Lipinski definition) is 4. The monoisotopic (exact) mass is 426 g/mol. The molecule has 30 heavy (non-hydrogen) atoms. The van der Waals surface area contributed by atoms with E-state index in [0.717, 1.165) is 41.8 Å². The number of sulfonamides is 1. The largest absolute Gasteiger partial charge is 0.492 e. The first-order chi connectivity index (χ1) is 14.5. The SMILES string of the molecule is O=C(C1COc2ccccc2C1)N1CCc2cc(S(=O)(=O)N3CCCCC3)ccc21. The maximum atomic E-state index is 13.2. The number of ether oxygens (including phenoxy) is 1. The third-order valence-electron chi connectivity index (χ3n) is 6.39. The van der Waals surface area contributed by atoms with Crippen LogP contribution in [0.3, 0.4) is 0 Å². The van der Waals surface area contributed by atoms with Gasteiger partial charge in [-0.1, -0.05) is 24.6 Å². The number of amides is 1. The maximum Gasteiger partial charge on any atom is 0.243 e. The first-order valence-electron chi connectivity index (χ1n) is 10.7. The highest BCUT2D eigenvalue weighted by molar-refractivity contribution is 7.89. The Morgan fingerprint density at radius 2 is 1.77 bits per heavy atom. The van der Waals surface area contributed by atoms with E-state index in [2.05, 4.69) is 0 Å². The van der Waals surface area contributed by atoms with Crippen LogP contribution in [0.5, 0.6) is 5.75 Å². The molecular formula is C23H26N2O4S. The van der Waals surface area contributed by atoms with E-state index in [9.17, 15) is 13.2 Å². The van der Waals surface area contributed by atoms with Gasteiger partial charge < -0.3 is 9.64 Å². The van der Waals surface area contributed by atoms with E-state index in [1.807, 2.05) is 24.3 Å². The van der Waals surface area contributed by atoms with Crippen molar-refractivity contribution in [3.63, 3.8) is 0 Å². The van der Waals surface area contributed by atoms with Gasteiger partial charge in [0.1, 0.15) is 12.4 Å². The first-order valence-corrected chi connectivity index (χ1v) is 12.1. The Hall–Kier alpha value is -2.38. The molecule has 1 fully saturated rings. The predicted octanol–water partition coefficient (Wildman–Crippen LogP) is 3.00. The van der Waals surface area contributed by atoms with E-state index < -0.39 is 10.0 Å². The van der Waals surface area contributed by atoms with E-state index >= 15 is 0 Å². The van der Waals surface area contributed by atoms with E-state index in [1.54, 1.807) is 27.4 Å². The molecule has 0 bridgehead atoms. The van der Waals surface area contributed by atoms with Crippen LogP contribution in [0.1, 0.15) is 30.4 Å². The zero-order chi connectivity index (χ0) is 20.7. The predicted molar refractivity (Wildman–Crippen MR) is 114 cm³/mol. The number of fused-ring (bicyclic) bond motifs is 2. The normalized spacial score (nSPS) is 21.6. The number of hydrogen-bond donors (Lipinski definition) is 0. The third-order valence-corrected chi connectivity index (χ3v) is 8.29. The Bertz CT molecular complexity index is 1080. The fourth-order valence-electron chi connectivity index (χ4n) is 4.73. The van der Waals surface area contributed by atoms with Crippen LogP contribution in [-0.2, 0) is 27.7 Å². The Morgan fingerprint density at radius 3 is 2.60 bits per heavy atom. The second-order valence-electron chi connectivity index (χ2n) is 8.31. The molecule has 2 aromatic carbocycles. The minimum atomic E-state index is -3.47. The molecule has 0 spiro atoms. The molecule has 0 aliphatic carbocycles. The van der Waals surface area contributed by atoms with Crippen LogP contribution >= 0.6 is 0 Å². The highest BCUT2D eigenvalue weighted by Crippen LogP contribution is 2.34. The summed E-state index contributed by atoms with van der Waals surface area (Å²) in [6, 6.07) is 13.1. The standard InChI is InChI=1S/C23H26N2O4S/c26-23(19-14-18-6-2-3-7-22(18)29-16-19)25-13-10-17-15-20(8-9-21(17)25)30(27,28)24-11-4-1-5-12-24/h2-3,6-9,15,19H,1,4-5,10-14,16H2. The number of piperidine rings is 1. The highest BCUT2D eigenvalue weighted by Gasteiger charge is 2.34. The van der Waals surface area contributed by atoms with E-state index in [4.69, 9.17) is 4.74 Å². The molecule has 0 N–H and O–H groups in total. The lowest BCUT2D eigenvalue weighted by molar-refractivity contribution is -0.123. The molecule has 3 aliphatic heterocycles. The Balaban J connectivity index is 1.36. The molecule has 158 valence electrons. The van der Waals surface area contributed by atoms with Crippen LogP contribution in [0.4, 0.5) is 5.69 Å². The molecule has 0 aromatic heterocycles. The molecule has 3 heterocycles. The van der Waals surface area contributed by atoms with Crippen molar-refractivity contribution in [3.8, 4) is 5.75 Å². The number of carbonyl (C=O) groups excluding carboxylic acids is 1. The summed E-state index contributed by atoms with van der Waals surface area (Å²) in [6.45, 7) is 2.14. The molecule has 0 saturated carbocycles. The lowest BCUT2D eigenvalue weighted by atomic mass is 9.95. The zero-order valence-electron chi connectivity index (χ0n) is 16.9. The summed E-state index contributed by atoms with van der Waals surface area (Å²) >= 11 is 0. The summed E-state index contributed by atoms with van der Waals surface area (Å²) in [7, 11) is -3.47. The van der Waals surface area contributed by atoms with Crippen molar-refractivity contribution >= 4 is 21.6 Å². The first kappa shape index (κ1) is 19.6. The van der Waals surface area contributed by atoms with Crippen LogP contribution in [0.25, 0.3) is 0 Å². The number of carbonyl (C=O) groups is 1. The lowest BCUT2D eigenvalue weighted by Gasteiger charge is -2.28. The topological polar surface area (TPSA) is 66.9 Å². The number of benzene rings is 2. The van der Waals surface area contributed by atoms with Gasteiger partial charge in [0.2, 0.25) is 15.9 Å². The fourth-order valence-corrected chi connectivity index (χ4v) is 6.30. The lowest BCUT2D eigenvalue weighted by Crippen LogP contribution is -2.40. The van der Waals surface area contributed by atoms with Crippen LogP contribution in [0.2, 0.25) is 0 Å². The Kier molecular flexibility index (Phi) is 5.03. The van der Waals surface area contributed by atoms with Crippen molar-refractivity contribution < 1.29 is 17.9 Å². The Labute approximate surface area is 177 Å². The van der Waals surface area contributed by atoms with Gasteiger partial charge in [-0.25, -0.2) is 8.42 Å². The van der Waals surface area contributed by atoms with Crippen molar-refractivity contribution in [2.24, 2.45) is 5.92 Å². The molecular weight excluding hydrogens is 400 g/mol.